The third kappa shape index (κ3) is 4.20. The summed E-state index contributed by atoms with van der Waals surface area (Å²) in [5.74, 6) is -0.154. The van der Waals surface area contributed by atoms with Gasteiger partial charge in [0.05, 0.1) is 5.52 Å². The molecule has 0 fully saturated rings. The van der Waals surface area contributed by atoms with Gasteiger partial charge < -0.3 is 10.3 Å². The number of carbonyl (C=O) groups is 1. The van der Waals surface area contributed by atoms with Crippen molar-refractivity contribution in [2.24, 2.45) is 0 Å². The minimum Gasteiger partial charge on any atom is -0.326 e. The zero-order valence-corrected chi connectivity index (χ0v) is 16.4. The van der Waals surface area contributed by atoms with E-state index in [1.807, 2.05) is 54.6 Å². The summed E-state index contributed by atoms with van der Waals surface area (Å²) in [7, 11) is 0. The van der Waals surface area contributed by atoms with E-state index < -0.39 is 5.69 Å². The Labute approximate surface area is 170 Å². The first kappa shape index (κ1) is 18.9. The van der Waals surface area contributed by atoms with Gasteiger partial charge in [-0.05, 0) is 41.1 Å². The van der Waals surface area contributed by atoms with Crippen molar-refractivity contribution < 1.29 is 4.79 Å². The molecule has 6 nitrogen and oxygen atoms in total. The molecule has 2 heterocycles. The molecule has 0 unspecified atom stereocenters. The number of nitrogens with zero attached hydrogens (tertiary/aromatic N) is 1. The van der Waals surface area contributed by atoms with E-state index in [0.717, 1.165) is 15.7 Å². The van der Waals surface area contributed by atoms with Crippen LogP contribution < -0.4 is 16.6 Å². The molecule has 2 aromatic heterocycles. The number of amides is 1. The largest absolute Gasteiger partial charge is 0.328 e. The minimum absolute atomic E-state index is 0.154. The van der Waals surface area contributed by atoms with Gasteiger partial charge in [-0.15, -0.1) is 11.3 Å². The summed E-state index contributed by atoms with van der Waals surface area (Å²) < 4.78 is 1.67. The molecule has 29 heavy (non-hydrogen) atoms. The normalized spacial score (nSPS) is 10.9. The standard InChI is InChI=1S/C22H19N3O3S/c26-19(23-17-10-8-16(9-11-17)15-5-2-1-3-6-15)7-4-13-25-21(27)20-18(12-14-29-20)24-22(25)28/h1-3,5-6,8-12,14H,4,7,13H2,(H,23,26)(H,24,28). The highest BCUT2D eigenvalue weighted by atomic mass is 32.1. The van der Waals surface area contributed by atoms with Crippen molar-refractivity contribution in [3.8, 4) is 11.1 Å². The van der Waals surface area contributed by atoms with E-state index in [0.29, 0.717) is 22.3 Å². The summed E-state index contributed by atoms with van der Waals surface area (Å²) >= 11 is 1.30. The number of rotatable bonds is 6. The lowest BCUT2D eigenvalue weighted by Gasteiger charge is -2.08. The maximum absolute atomic E-state index is 12.4. The Balaban J connectivity index is 1.35. The van der Waals surface area contributed by atoms with Crippen LogP contribution in [0.2, 0.25) is 0 Å². The second kappa shape index (κ2) is 8.28. The summed E-state index contributed by atoms with van der Waals surface area (Å²) in [6, 6.07) is 19.4. The van der Waals surface area contributed by atoms with Crippen molar-refractivity contribution in [1.82, 2.24) is 9.55 Å². The van der Waals surface area contributed by atoms with E-state index in [2.05, 4.69) is 10.3 Å². The molecule has 0 spiro atoms. The molecule has 0 saturated heterocycles. The van der Waals surface area contributed by atoms with Gasteiger partial charge in [-0.1, -0.05) is 42.5 Å². The molecule has 0 aliphatic rings. The van der Waals surface area contributed by atoms with E-state index >= 15 is 0 Å². The van der Waals surface area contributed by atoms with Crippen LogP contribution >= 0.6 is 11.3 Å². The van der Waals surface area contributed by atoms with Crippen molar-refractivity contribution >= 4 is 33.1 Å². The number of hydrogen-bond acceptors (Lipinski definition) is 4. The number of nitrogens with one attached hydrogen (secondary N) is 2. The number of benzene rings is 2. The van der Waals surface area contributed by atoms with Gasteiger partial charge in [0.2, 0.25) is 5.91 Å². The van der Waals surface area contributed by atoms with Crippen molar-refractivity contribution in [2.75, 3.05) is 5.32 Å². The molecule has 0 radical (unpaired) electrons. The summed E-state index contributed by atoms with van der Waals surface area (Å²) in [5, 5.41) is 4.62. The summed E-state index contributed by atoms with van der Waals surface area (Å²) in [6.45, 7) is 0.197. The van der Waals surface area contributed by atoms with Gasteiger partial charge in [-0.3, -0.25) is 14.2 Å². The van der Waals surface area contributed by atoms with E-state index in [1.165, 1.54) is 11.3 Å². The molecule has 0 bridgehead atoms. The van der Waals surface area contributed by atoms with Gasteiger partial charge >= 0.3 is 5.69 Å². The average Bonchev–Trinajstić information content (AvgIpc) is 3.20. The molecule has 2 aromatic carbocycles. The molecule has 0 aliphatic heterocycles. The van der Waals surface area contributed by atoms with Crippen molar-refractivity contribution in [1.29, 1.82) is 0 Å². The maximum Gasteiger partial charge on any atom is 0.328 e. The molecule has 7 heteroatoms. The lowest BCUT2D eigenvalue weighted by Crippen LogP contribution is -2.34. The van der Waals surface area contributed by atoms with Crippen LogP contribution in [0.5, 0.6) is 0 Å². The summed E-state index contributed by atoms with van der Waals surface area (Å²) in [5.41, 5.74) is 2.70. The molecule has 1 amide bonds. The van der Waals surface area contributed by atoms with Gasteiger partial charge in [0.1, 0.15) is 4.70 Å². The van der Waals surface area contributed by atoms with Crippen LogP contribution in [0.4, 0.5) is 5.69 Å². The van der Waals surface area contributed by atoms with Crippen LogP contribution in [0.3, 0.4) is 0 Å². The fraction of sp³-hybridized carbons (Fsp3) is 0.136. The Kier molecular flexibility index (Phi) is 5.39. The second-order valence-electron chi connectivity index (χ2n) is 6.65. The average molecular weight is 405 g/mol. The van der Waals surface area contributed by atoms with Crippen molar-refractivity contribution in [3.63, 3.8) is 0 Å². The fourth-order valence-corrected chi connectivity index (χ4v) is 3.97. The number of carbonyl (C=O) groups excluding carboxylic acids is 1. The molecule has 4 aromatic rings. The molecular formula is C22H19N3O3S. The predicted octanol–water partition coefficient (Wildman–Crippen LogP) is 3.84. The van der Waals surface area contributed by atoms with Gasteiger partial charge in [-0.25, -0.2) is 4.79 Å². The predicted molar refractivity (Wildman–Crippen MR) is 116 cm³/mol. The Morgan fingerprint density at radius 1 is 0.966 bits per heavy atom. The number of anilines is 1. The van der Waals surface area contributed by atoms with Crippen LogP contribution in [0.1, 0.15) is 12.8 Å². The lowest BCUT2D eigenvalue weighted by molar-refractivity contribution is -0.116. The summed E-state index contributed by atoms with van der Waals surface area (Å²) in [6.07, 6.45) is 0.614. The molecule has 0 saturated carbocycles. The zero-order valence-electron chi connectivity index (χ0n) is 15.6. The molecule has 4 rings (SSSR count). The van der Waals surface area contributed by atoms with E-state index in [9.17, 15) is 14.4 Å². The zero-order chi connectivity index (χ0) is 20.2. The highest BCUT2D eigenvalue weighted by Gasteiger charge is 2.09. The van der Waals surface area contributed by atoms with Gasteiger partial charge in [0, 0.05) is 18.7 Å². The number of hydrogen-bond donors (Lipinski definition) is 2. The third-order valence-corrected chi connectivity index (χ3v) is 5.56. The van der Waals surface area contributed by atoms with Crippen LogP contribution in [-0.4, -0.2) is 15.5 Å². The van der Waals surface area contributed by atoms with Gasteiger partial charge in [0.25, 0.3) is 5.56 Å². The number of aromatic nitrogens is 2. The molecule has 146 valence electrons. The quantitative estimate of drug-likeness (QED) is 0.511. The first-order valence-corrected chi connectivity index (χ1v) is 10.2. The second-order valence-corrected chi connectivity index (χ2v) is 7.56. The maximum atomic E-state index is 12.4. The Hall–Kier alpha value is -3.45. The number of H-pyrrole nitrogens is 1. The van der Waals surface area contributed by atoms with Crippen LogP contribution in [-0.2, 0) is 11.3 Å². The Morgan fingerprint density at radius 2 is 1.69 bits per heavy atom. The lowest BCUT2D eigenvalue weighted by atomic mass is 10.1. The highest BCUT2D eigenvalue weighted by molar-refractivity contribution is 7.17. The molecule has 0 atom stereocenters. The Morgan fingerprint density at radius 3 is 2.45 bits per heavy atom. The van der Waals surface area contributed by atoms with E-state index in [1.54, 1.807) is 11.4 Å². The SMILES string of the molecule is O=C(CCCn1c(=O)[nH]c2ccsc2c1=O)Nc1ccc(-c2ccccc2)cc1. The van der Waals surface area contributed by atoms with E-state index in [-0.39, 0.29) is 24.4 Å². The monoisotopic (exact) mass is 405 g/mol. The molecule has 0 aliphatic carbocycles. The first-order chi connectivity index (χ1) is 14.1. The van der Waals surface area contributed by atoms with Crippen molar-refractivity contribution in [3.05, 3.63) is 86.9 Å². The fourth-order valence-electron chi connectivity index (χ4n) is 3.17. The number of thiophene rings is 1. The number of fused-ring (bicyclic) bond motifs is 1. The van der Waals surface area contributed by atoms with Gasteiger partial charge in [0.15, 0.2) is 0 Å². The molecule has 2 N–H and O–H groups in total. The van der Waals surface area contributed by atoms with Crippen molar-refractivity contribution in [2.45, 2.75) is 19.4 Å². The smallest absolute Gasteiger partial charge is 0.326 e. The Bertz CT molecular complexity index is 1250. The first-order valence-electron chi connectivity index (χ1n) is 9.27. The number of aromatic amines is 1. The van der Waals surface area contributed by atoms with E-state index in [4.69, 9.17) is 0 Å². The third-order valence-electron chi connectivity index (χ3n) is 4.65. The minimum atomic E-state index is -0.446. The van der Waals surface area contributed by atoms with Crippen LogP contribution in [0.25, 0.3) is 21.3 Å². The topological polar surface area (TPSA) is 84.0 Å². The highest BCUT2D eigenvalue weighted by Crippen LogP contribution is 2.21. The molecular weight excluding hydrogens is 386 g/mol. The van der Waals surface area contributed by atoms with Crippen LogP contribution in [0.15, 0.2) is 75.6 Å². The van der Waals surface area contributed by atoms with Gasteiger partial charge in [-0.2, -0.15) is 0 Å². The van der Waals surface area contributed by atoms with Crippen LogP contribution in [0, 0.1) is 0 Å². The summed E-state index contributed by atoms with van der Waals surface area (Å²) in [4.78, 5) is 39.4.